The Hall–Kier alpha value is -0.530. The van der Waals surface area contributed by atoms with E-state index in [1.807, 2.05) is 0 Å². The maximum Gasteiger partial charge on any atom is 0.0967 e. The van der Waals surface area contributed by atoms with Gasteiger partial charge in [-0.05, 0) is 38.5 Å². The summed E-state index contributed by atoms with van der Waals surface area (Å²) < 4.78 is 0. The van der Waals surface area contributed by atoms with Crippen molar-refractivity contribution in [2.75, 3.05) is 6.54 Å². The van der Waals surface area contributed by atoms with E-state index in [1.165, 1.54) is 57.2 Å². The summed E-state index contributed by atoms with van der Waals surface area (Å²) in [5.74, 6) is 1.30. The molecule has 1 saturated carbocycles. The van der Waals surface area contributed by atoms with Crippen molar-refractivity contribution < 1.29 is 0 Å². The van der Waals surface area contributed by atoms with Gasteiger partial charge >= 0.3 is 0 Å². The molecule has 0 aromatic heterocycles. The molecule has 0 unspecified atom stereocenters. The largest absolute Gasteiger partial charge is 0.368 e. The van der Waals surface area contributed by atoms with E-state index in [1.54, 1.807) is 0 Å². The molecule has 0 radical (unpaired) electrons. The highest BCUT2D eigenvalue weighted by molar-refractivity contribution is 5.83. The average Bonchev–Trinajstić information content (AvgIpc) is 2.39. The van der Waals surface area contributed by atoms with Crippen molar-refractivity contribution >= 4 is 5.84 Å². The summed E-state index contributed by atoms with van der Waals surface area (Å²) >= 11 is 0. The molecule has 2 nitrogen and oxygen atoms in total. The monoisotopic (exact) mass is 194 g/mol. The van der Waals surface area contributed by atoms with Gasteiger partial charge in [0.25, 0.3) is 0 Å². The second kappa shape index (κ2) is 4.33. The molecule has 2 rings (SSSR count). The second-order valence-corrected chi connectivity index (χ2v) is 4.75. The first kappa shape index (κ1) is 10.0. The van der Waals surface area contributed by atoms with Gasteiger partial charge in [-0.15, -0.1) is 0 Å². The Balaban J connectivity index is 1.91. The number of hydrogen-bond donors (Lipinski definition) is 1. The van der Waals surface area contributed by atoms with Crippen molar-refractivity contribution in [1.29, 1.82) is 0 Å². The van der Waals surface area contributed by atoms with Crippen LogP contribution in [0.3, 0.4) is 0 Å². The Morgan fingerprint density at radius 1 is 1.21 bits per heavy atom. The summed E-state index contributed by atoms with van der Waals surface area (Å²) in [5, 5.41) is 3.71. The Labute approximate surface area is 87.2 Å². The van der Waals surface area contributed by atoms with Crippen molar-refractivity contribution in [3.63, 3.8) is 0 Å². The van der Waals surface area contributed by atoms with Crippen molar-refractivity contribution in [3.8, 4) is 0 Å². The third-order valence-electron chi connectivity index (χ3n) is 3.77. The van der Waals surface area contributed by atoms with E-state index in [-0.39, 0.29) is 0 Å². The van der Waals surface area contributed by atoms with Crippen LogP contribution in [0.4, 0.5) is 0 Å². The van der Waals surface area contributed by atoms with Gasteiger partial charge in [0.05, 0.1) is 5.84 Å². The molecule has 2 aliphatic rings. The Morgan fingerprint density at radius 2 is 2.07 bits per heavy atom. The van der Waals surface area contributed by atoms with E-state index < -0.39 is 0 Å². The highest BCUT2D eigenvalue weighted by atomic mass is 15.1. The summed E-state index contributed by atoms with van der Waals surface area (Å²) in [6.45, 7) is 3.34. The quantitative estimate of drug-likeness (QED) is 0.718. The molecule has 14 heavy (non-hydrogen) atoms. The van der Waals surface area contributed by atoms with Gasteiger partial charge in [0.2, 0.25) is 0 Å². The highest BCUT2D eigenvalue weighted by Gasteiger charge is 2.35. The maximum absolute atomic E-state index is 4.64. The van der Waals surface area contributed by atoms with E-state index in [0.717, 1.165) is 6.54 Å². The third-order valence-corrected chi connectivity index (χ3v) is 3.77. The molecule has 0 aromatic rings. The minimum atomic E-state index is 0.434. The fourth-order valence-electron chi connectivity index (χ4n) is 2.45. The van der Waals surface area contributed by atoms with Gasteiger partial charge in [-0.2, -0.15) is 0 Å². The first-order valence-corrected chi connectivity index (χ1v) is 6.16. The highest BCUT2D eigenvalue weighted by Crippen LogP contribution is 2.34. The van der Waals surface area contributed by atoms with Gasteiger partial charge in [-0.3, -0.25) is 4.99 Å². The van der Waals surface area contributed by atoms with Crippen molar-refractivity contribution in [3.05, 3.63) is 0 Å². The molecule has 2 heteroatoms. The number of nitrogens with zero attached hydrogens (tertiary/aromatic N) is 1. The van der Waals surface area contributed by atoms with Crippen LogP contribution in [0.2, 0.25) is 0 Å². The van der Waals surface area contributed by atoms with Crippen molar-refractivity contribution in [2.24, 2.45) is 4.99 Å². The zero-order valence-electron chi connectivity index (χ0n) is 9.31. The first-order valence-electron chi connectivity index (χ1n) is 6.16. The van der Waals surface area contributed by atoms with Gasteiger partial charge in [0.1, 0.15) is 0 Å². The van der Waals surface area contributed by atoms with Crippen molar-refractivity contribution in [2.45, 2.75) is 63.8 Å². The Morgan fingerprint density at radius 3 is 2.71 bits per heavy atom. The van der Waals surface area contributed by atoms with Gasteiger partial charge in [-0.25, -0.2) is 0 Å². The standard InChI is InChI=1S/C12H22N2/c1-2-12(8-6-9-12)14-11-7-4-3-5-10-13-11/h2-10H2,1H3,(H,13,14). The van der Waals surface area contributed by atoms with E-state index in [4.69, 9.17) is 0 Å². The molecule has 1 fully saturated rings. The number of amidine groups is 1. The predicted molar refractivity (Wildman–Crippen MR) is 60.8 cm³/mol. The van der Waals surface area contributed by atoms with Crippen LogP contribution in [-0.4, -0.2) is 17.9 Å². The lowest BCUT2D eigenvalue weighted by Gasteiger charge is -2.43. The van der Waals surface area contributed by atoms with Gasteiger partial charge in [0.15, 0.2) is 0 Å². The summed E-state index contributed by atoms with van der Waals surface area (Å²) in [5.41, 5.74) is 0.434. The van der Waals surface area contributed by atoms with Crippen molar-refractivity contribution in [1.82, 2.24) is 5.32 Å². The van der Waals surface area contributed by atoms with E-state index in [0.29, 0.717) is 5.54 Å². The normalized spacial score (nSPS) is 25.9. The van der Waals surface area contributed by atoms with Crippen LogP contribution in [0.1, 0.15) is 58.3 Å². The molecule has 80 valence electrons. The summed E-state index contributed by atoms with van der Waals surface area (Å²) in [6, 6.07) is 0. The molecular weight excluding hydrogens is 172 g/mol. The zero-order valence-corrected chi connectivity index (χ0v) is 9.31. The maximum atomic E-state index is 4.64. The van der Waals surface area contributed by atoms with Crippen LogP contribution in [0.5, 0.6) is 0 Å². The van der Waals surface area contributed by atoms with E-state index in [2.05, 4.69) is 17.2 Å². The van der Waals surface area contributed by atoms with Gasteiger partial charge < -0.3 is 5.32 Å². The van der Waals surface area contributed by atoms with Crippen LogP contribution >= 0.6 is 0 Å². The molecule has 1 aliphatic heterocycles. The number of hydrogen-bond acceptors (Lipinski definition) is 2. The zero-order chi connectivity index (χ0) is 9.86. The minimum Gasteiger partial charge on any atom is -0.368 e. The predicted octanol–water partition coefficient (Wildman–Crippen LogP) is 2.88. The molecular formula is C12H22N2. The molecule has 0 aromatic carbocycles. The second-order valence-electron chi connectivity index (χ2n) is 4.75. The Kier molecular flexibility index (Phi) is 3.09. The van der Waals surface area contributed by atoms with E-state index >= 15 is 0 Å². The molecule has 0 saturated heterocycles. The number of aliphatic imine (C=N–C) groups is 1. The molecule has 0 atom stereocenters. The first-order chi connectivity index (χ1) is 6.85. The summed E-state index contributed by atoms with van der Waals surface area (Å²) in [7, 11) is 0. The molecule has 0 amide bonds. The van der Waals surface area contributed by atoms with Crippen LogP contribution in [0, 0.1) is 0 Å². The van der Waals surface area contributed by atoms with Gasteiger partial charge in [0, 0.05) is 18.5 Å². The number of rotatable bonds is 2. The average molecular weight is 194 g/mol. The van der Waals surface area contributed by atoms with Gasteiger partial charge in [-0.1, -0.05) is 13.3 Å². The topological polar surface area (TPSA) is 24.4 Å². The molecule has 0 bridgehead atoms. The summed E-state index contributed by atoms with van der Waals surface area (Å²) in [4.78, 5) is 4.64. The lowest BCUT2D eigenvalue weighted by molar-refractivity contribution is 0.208. The van der Waals surface area contributed by atoms with Crippen LogP contribution in [-0.2, 0) is 0 Å². The smallest absolute Gasteiger partial charge is 0.0967 e. The fraction of sp³-hybridized carbons (Fsp3) is 0.917. The van der Waals surface area contributed by atoms with Crippen LogP contribution in [0.15, 0.2) is 4.99 Å². The summed E-state index contributed by atoms with van der Waals surface area (Å²) in [6.07, 6.45) is 10.5. The van der Waals surface area contributed by atoms with E-state index in [9.17, 15) is 0 Å². The lowest BCUT2D eigenvalue weighted by atomic mass is 9.74. The SMILES string of the molecule is CCC1(NC2=NCCCCC2)CCC1. The number of nitrogens with one attached hydrogen (secondary N) is 1. The Bertz CT molecular complexity index is 211. The molecule has 1 N–H and O–H groups in total. The van der Waals surface area contributed by atoms with Crippen LogP contribution < -0.4 is 5.32 Å². The molecule has 1 aliphatic carbocycles. The van der Waals surface area contributed by atoms with Crippen LogP contribution in [0.25, 0.3) is 0 Å². The lowest BCUT2D eigenvalue weighted by Crippen LogP contribution is -2.52. The molecule has 0 spiro atoms. The third kappa shape index (κ3) is 2.10. The molecule has 1 heterocycles. The minimum absolute atomic E-state index is 0.434. The fourth-order valence-corrected chi connectivity index (χ4v) is 2.45.